The summed E-state index contributed by atoms with van der Waals surface area (Å²) in [5.41, 5.74) is 16.9. The molecule has 0 saturated heterocycles. The van der Waals surface area contributed by atoms with E-state index in [1.165, 1.54) is 153 Å². The Morgan fingerprint density at radius 2 is 0.794 bits per heavy atom. The van der Waals surface area contributed by atoms with Crippen LogP contribution < -0.4 is 0 Å². The Morgan fingerprint density at radius 1 is 0.397 bits per heavy atom. The first kappa shape index (κ1) is 43.2. The lowest BCUT2D eigenvalue weighted by atomic mass is 9.70. The zero-order chi connectivity index (χ0) is 43.9. The lowest BCUT2D eigenvalue weighted by Crippen LogP contribution is -2.26. The fraction of sp³-hybridized carbons (Fsp3) is 0.410. The van der Waals surface area contributed by atoms with Crippen LogP contribution in [0.25, 0.3) is 66.1 Å². The highest BCUT2D eigenvalue weighted by atomic mass is 15.0. The molecule has 8 aromatic rings. The summed E-state index contributed by atoms with van der Waals surface area (Å²) in [6.45, 7) is 18.9. The lowest BCUT2D eigenvalue weighted by Gasteiger charge is -2.33. The zero-order valence-corrected chi connectivity index (χ0v) is 39.8. The average molecular weight is 833 g/mol. The molecule has 0 saturated carbocycles. The molecule has 63 heavy (non-hydrogen) atoms. The molecule has 0 atom stereocenters. The number of fused-ring (bicyclic) bond motifs is 9. The SMILES string of the molecule is CCCCCCC1(CCCCCC)c2cc(-n3c4ccccc4c4cc(C(C)(CC)CC)ccc43)ccc2-c2ccc(-n3c4ccccc4c4cc(C(C)(CC)CC)ccc43)cc21. The minimum Gasteiger partial charge on any atom is -0.309 e. The molecule has 2 nitrogen and oxygen atoms in total. The highest BCUT2D eigenvalue weighted by molar-refractivity contribution is 6.10. The van der Waals surface area contributed by atoms with Crippen LogP contribution in [0.4, 0.5) is 0 Å². The van der Waals surface area contributed by atoms with Gasteiger partial charge in [-0.1, -0.05) is 167 Å². The van der Waals surface area contributed by atoms with Crippen molar-refractivity contribution in [2.75, 3.05) is 0 Å². The van der Waals surface area contributed by atoms with Crippen LogP contribution in [0, 0.1) is 0 Å². The summed E-state index contributed by atoms with van der Waals surface area (Å²) >= 11 is 0. The Kier molecular flexibility index (Phi) is 12.0. The minimum atomic E-state index is -0.0653. The highest BCUT2D eigenvalue weighted by Crippen LogP contribution is 2.56. The van der Waals surface area contributed by atoms with Gasteiger partial charge in [-0.25, -0.2) is 0 Å². The van der Waals surface area contributed by atoms with Crippen LogP contribution in [-0.4, -0.2) is 9.13 Å². The summed E-state index contributed by atoms with van der Waals surface area (Å²) < 4.78 is 5.15. The van der Waals surface area contributed by atoms with E-state index < -0.39 is 0 Å². The molecule has 0 unspecified atom stereocenters. The Labute approximate surface area is 378 Å². The van der Waals surface area contributed by atoms with Crippen molar-refractivity contribution in [2.45, 2.75) is 162 Å². The molecule has 0 bridgehead atoms. The third kappa shape index (κ3) is 7.15. The fourth-order valence-corrected chi connectivity index (χ4v) is 11.7. The maximum Gasteiger partial charge on any atom is 0.0541 e. The van der Waals surface area contributed by atoms with Crippen molar-refractivity contribution in [1.82, 2.24) is 9.13 Å². The van der Waals surface area contributed by atoms with Gasteiger partial charge in [0, 0.05) is 38.3 Å². The van der Waals surface area contributed by atoms with Gasteiger partial charge in [0.05, 0.1) is 22.1 Å². The van der Waals surface area contributed by atoms with Gasteiger partial charge >= 0.3 is 0 Å². The highest BCUT2D eigenvalue weighted by Gasteiger charge is 2.43. The summed E-state index contributed by atoms with van der Waals surface area (Å²) in [6, 6.07) is 48.0. The molecule has 0 N–H and O–H groups in total. The Hall–Kier alpha value is -5.08. The number of hydrogen-bond acceptors (Lipinski definition) is 0. The molecular formula is C61H72N2. The van der Waals surface area contributed by atoms with Crippen LogP contribution in [0.2, 0.25) is 0 Å². The van der Waals surface area contributed by atoms with Crippen molar-refractivity contribution in [2.24, 2.45) is 0 Å². The van der Waals surface area contributed by atoms with Crippen molar-refractivity contribution in [3.63, 3.8) is 0 Å². The molecule has 0 fully saturated rings. The predicted molar refractivity (Wildman–Crippen MR) is 275 cm³/mol. The number of unbranched alkanes of at least 4 members (excludes halogenated alkanes) is 6. The van der Waals surface area contributed by atoms with E-state index in [0.717, 1.165) is 25.7 Å². The van der Waals surface area contributed by atoms with Crippen LogP contribution in [-0.2, 0) is 16.2 Å². The average Bonchev–Trinajstić information content (AvgIpc) is 3.94. The molecule has 0 spiro atoms. The quantitative estimate of drug-likeness (QED) is 0.0762. The largest absolute Gasteiger partial charge is 0.309 e. The molecular weight excluding hydrogens is 761 g/mol. The molecule has 326 valence electrons. The molecule has 2 heteroatoms. The summed E-state index contributed by atoms with van der Waals surface area (Å²) in [7, 11) is 0. The number of nitrogens with zero attached hydrogens (tertiary/aromatic N) is 2. The van der Waals surface area contributed by atoms with E-state index in [1.807, 2.05) is 0 Å². The van der Waals surface area contributed by atoms with E-state index in [1.54, 1.807) is 0 Å². The second-order valence-corrected chi connectivity index (χ2v) is 19.9. The van der Waals surface area contributed by atoms with Gasteiger partial charge in [0.15, 0.2) is 0 Å². The summed E-state index contributed by atoms with van der Waals surface area (Å²) in [5.74, 6) is 0. The van der Waals surface area contributed by atoms with Crippen molar-refractivity contribution >= 4 is 43.6 Å². The van der Waals surface area contributed by atoms with E-state index in [0.29, 0.717) is 0 Å². The third-order valence-corrected chi connectivity index (χ3v) is 16.6. The van der Waals surface area contributed by atoms with Gasteiger partial charge < -0.3 is 9.13 Å². The molecule has 1 aliphatic carbocycles. The van der Waals surface area contributed by atoms with E-state index >= 15 is 0 Å². The molecule has 6 aromatic carbocycles. The number of benzene rings is 6. The first-order valence-corrected chi connectivity index (χ1v) is 25.1. The summed E-state index contributed by atoms with van der Waals surface area (Å²) in [5, 5.41) is 5.41. The predicted octanol–water partition coefficient (Wildman–Crippen LogP) is 18.2. The van der Waals surface area contributed by atoms with Gasteiger partial charge in [-0.05, 0) is 143 Å². The van der Waals surface area contributed by atoms with Gasteiger partial charge in [-0.2, -0.15) is 0 Å². The molecule has 0 amide bonds. The monoisotopic (exact) mass is 833 g/mol. The number of hydrogen-bond donors (Lipinski definition) is 0. The van der Waals surface area contributed by atoms with Crippen molar-refractivity contribution < 1.29 is 0 Å². The standard InChI is InChI=1S/C61H72N2/c1-9-15-17-23-37-61(38-24-18-16-10-2)53-41-45(62-55-27-21-19-25-49(55)51-39-43(29-35-57(51)62)59(7,11-3)12-4)31-33-47(53)48-34-32-46(42-54(48)61)63-56-28-22-20-26-50(56)52-40-44(30-36-58(52)63)60(8,13-5)14-6/h19-22,25-36,39-42H,9-18,23-24,37-38H2,1-8H3. The van der Waals surface area contributed by atoms with Crippen molar-refractivity contribution in [3.05, 3.63) is 144 Å². The zero-order valence-electron chi connectivity index (χ0n) is 39.8. The summed E-state index contributed by atoms with van der Waals surface area (Å²) in [6.07, 6.45) is 17.0. The smallest absolute Gasteiger partial charge is 0.0541 e. The topological polar surface area (TPSA) is 9.86 Å². The van der Waals surface area contributed by atoms with Crippen LogP contribution in [0.1, 0.15) is 168 Å². The maximum absolute atomic E-state index is 2.64. The Morgan fingerprint density at radius 3 is 1.19 bits per heavy atom. The molecule has 0 aliphatic heterocycles. The first-order chi connectivity index (χ1) is 30.7. The lowest BCUT2D eigenvalue weighted by molar-refractivity contribution is 0.401. The van der Waals surface area contributed by atoms with Crippen molar-refractivity contribution in [1.29, 1.82) is 0 Å². The van der Waals surface area contributed by atoms with Crippen LogP contribution in [0.3, 0.4) is 0 Å². The van der Waals surface area contributed by atoms with Crippen LogP contribution in [0.5, 0.6) is 0 Å². The second kappa shape index (κ2) is 17.5. The molecule has 2 aromatic heterocycles. The van der Waals surface area contributed by atoms with Gasteiger partial charge in [-0.15, -0.1) is 0 Å². The Balaban J connectivity index is 1.25. The van der Waals surface area contributed by atoms with E-state index in [2.05, 4.69) is 186 Å². The van der Waals surface area contributed by atoms with Gasteiger partial charge in [0.2, 0.25) is 0 Å². The number of aromatic nitrogens is 2. The van der Waals surface area contributed by atoms with E-state index in [-0.39, 0.29) is 16.2 Å². The third-order valence-electron chi connectivity index (χ3n) is 16.6. The van der Waals surface area contributed by atoms with Gasteiger partial charge in [0.1, 0.15) is 0 Å². The first-order valence-electron chi connectivity index (χ1n) is 25.1. The van der Waals surface area contributed by atoms with Gasteiger partial charge in [-0.3, -0.25) is 0 Å². The molecule has 2 heterocycles. The maximum atomic E-state index is 2.64. The Bertz CT molecular complexity index is 2710. The summed E-state index contributed by atoms with van der Waals surface area (Å²) in [4.78, 5) is 0. The minimum absolute atomic E-state index is 0.0653. The molecule has 1 aliphatic rings. The normalized spacial score (nSPS) is 13.8. The van der Waals surface area contributed by atoms with Crippen LogP contribution in [0.15, 0.2) is 121 Å². The fourth-order valence-electron chi connectivity index (χ4n) is 11.7. The number of rotatable bonds is 18. The number of para-hydroxylation sites is 2. The second-order valence-electron chi connectivity index (χ2n) is 19.9. The van der Waals surface area contributed by atoms with E-state index in [9.17, 15) is 0 Å². The van der Waals surface area contributed by atoms with Gasteiger partial charge in [0.25, 0.3) is 0 Å². The molecule has 0 radical (unpaired) electrons. The molecule has 9 rings (SSSR count). The van der Waals surface area contributed by atoms with Crippen molar-refractivity contribution in [3.8, 4) is 22.5 Å². The van der Waals surface area contributed by atoms with E-state index in [4.69, 9.17) is 0 Å². The van der Waals surface area contributed by atoms with Crippen LogP contribution >= 0.6 is 0 Å².